The van der Waals surface area contributed by atoms with Gasteiger partial charge in [0.25, 0.3) is 0 Å². The van der Waals surface area contributed by atoms with Crippen molar-refractivity contribution in [3.8, 4) is 11.3 Å². The largest absolute Gasteiger partial charge is 0.385 e. The number of aromatic amines is 1. The van der Waals surface area contributed by atoms with Gasteiger partial charge >= 0.3 is 0 Å². The summed E-state index contributed by atoms with van der Waals surface area (Å²) in [5.41, 5.74) is 3.99. The van der Waals surface area contributed by atoms with Crippen LogP contribution in [0.3, 0.4) is 0 Å². The Morgan fingerprint density at radius 1 is 1.15 bits per heavy atom. The third kappa shape index (κ3) is 3.51. The number of nitrogens with one attached hydrogen (secondary N) is 4. The summed E-state index contributed by atoms with van der Waals surface area (Å²) >= 11 is 0. The Morgan fingerprint density at radius 2 is 1.92 bits per heavy atom. The molecule has 0 radical (unpaired) electrons. The fraction of sp³-hybridized carbons (Fsp3) is 0.350. The van der Waals surface area contributed by atoms with E-state index >= 15 is 0 Å². The van der Waals surface area contributed by atoms with Gasteiger partial charge in [-0.1, -0.05) is 6.08 Å². The Morgan fingerprint density at radius 3 is 2.65 bits per heavy atom. The van der Waals surface area contributed by atoms with Crippen LogP contribution in [0.4, 0.5) is 10.2 Å². The lowest BCUT2D eigenvalue weighted by molar-refractivity contribution is 0.478. The zero-order valence-corrected chi connectivity index (χ0v) is 14.8. The Kier molecular flexibility index (Phi) is 4.75. The first kappa shape index (κ1) is 16.8. The minimum absolute atomic E-state index is 0.238. The summed E-state index contributed by atoms with van der Waals surface area (Å²) in [5.74, 6) is 0.624. The second-order valence-electron chi connectivity index (χ2n) is 6.91. The van der Waals surface area contributed by atoms with Crippen LogP contribution in [-0.2, 0) is 0 Å². The van der Waals surface area contributed by atoms with Gasteiger partial charge in [0.05, 0.1) is 11.3 Å². The summed E-state index contributed by atoms with van der Waals surface area (Å²) < 4.78 is 13.3. The molecule has 0 aliphatic carbocycles. The number of halogens is 1. The number of hydrogen-bond acceptors (Lipinski definition) is 4. The van der Waals surface area contributed by atoms with Crippen molar-refractivity contribution in [1.82, 2.24) is 20.8 Å². The molecule has 2 aliphatic rings. The highest BCUT2D eigenvalue weighted by Gasteiger charge is 2.22. The molecular formula is C20H24FN5. The number of dihydropyridines is 1. The average Bonchev–Trinajstić information content (AvgIpc) is 3.07. The smallest absolute Gasteiger partial charge is 0.156 e. The van der Waals surface area contributed by atoms with Gasteiger partial charge in [-0.25, -0.2) is 4.39 Å². The van der Waals surface area contributed by atoms with E-state index in [4.69, 9.17) is 0 Å². The Labute approximate surface area is 152 Å². The van der Waals surface area contributed by atoms with Crippen LogP contribution in [0.5, 0.6) is 0 Å². The predicted molar refractivity (Wildman–Crippen MR) is 103 cm³/mol. The molecule has 4 rings (SSSR count). The van der Waals surface area contributed by atoms with Crippen LogP contribution >= 0.6 is 0 Å². The molecule has 0 amide bonds. The van der Waals surface area contributed by atoms with Gasteiger partial charge in [-0.2, -0.15) is 5.10 Å². The summed E-state index contributed by atoms with van der Waals surface area (Å²) in [6.45, 7) is 4.15. The van der Waals surface area contributed by atoms with Crippen LogP contribution < -0.4 is 16.0 Å². The molecule has 5 nitrogen and oxygen atoms in total. The van der Waals surface area contributed by atoms with E-state index in [-0.39, 0.29) is 11.9 Å². The third-order valence-corrected chi connectivity index (χ3v) is 4.92. The van der Waals surface area contributed by atoms with Crippen molar-refractivity contribution >= 4 is 11.4 Å². The van der Waals surface area contributed by atoms with Gasteiger partial charge in [0.1, 0.15) is 5.82 Å². The number of aromatic nitrogens is 2. The van der Waals surface area contributed by atoms with E-state index in [0.717, 1.165) is 54.1 Å². The Balaban J connectivity index is 1.74. The lowest BCUT2D eigenvalue weighted by Gasteiger charge is -2.24. The van der Waals surface area contributed by atoms with Gasteiger partial charge in [0, 0.05) is 17.6 Å². The molecule has 6 heteroatoms. The molecule has 0 bridgehead atoms. The van der Waals surface area contributed by atoms with Crippen LogP contribution in [0, 0.1) is 5.82 Å². The molecule has 1 aromatic carbocycles. The van der Waals surface area contributed by atoms with Crippen LogP contribution in [-0.4, -0.2) is 35.4 Å². The fourth-order valence-corrected chi connectivity index (χ4v) is 3.54. The van der Waals surface area contributed by atoms with Gasteiger partial charge in [-0.3, -0.25) is 5.10 Å². The minimum atomic E-state index is -0.238. The predicted octanol–water partition coefficient (Wildman–Crippen LogP) is 3.27. The number of nitrogens with zero attached hydrogens (tertiary/aromatic N) is 1. The van der Waals surface area contributed by atoms with E-state index in [0.29, 0.717) is 6.04 Å². The second kappa shape index (κ2) is 7.33. The monoisotopic (exact) mass is 353 g/mol. The average molecular weight is 353 g/mol. The quantitative estimate of drug-likeness (QED) is 0.681. The summed E-state index contributed by atoms with van der Waals surface area (Å²) in [7, 11) is 0. The highest BCUT2D eigenvalue weighted by atomic mass is 19.1. The topological polar surface area (TPSA) is 64.8 Å². The molecule has 2 aliphatic heterocycles. The first-order valence-electron chi connectivity index (χ1n) is 9.17. The van der Waals surface area contributed by atoms with E-state index in [2.05, 4.69) is 45.2 Å². The number of rotatable bonds is 4. The van der Waals surface area contributed by atoms with E-state index in [9.17, 15) is 4.39 Å². The van der Waals surface area contributed by atoms with Crippen LogP contribution in [0.25, 0.3) is 16.8 Å². The zero-order chi connectivity index (χ0) is 17.9. The van der Waals surface area contributed by atoms with E-state index in [1.807, 2.05) is 6.20 Å². The highest BCUT2D eigenvalue weighted by molar-refractivity contribution is 5.90. The van der Waals surface area contributed by atoms with Gasteiger partial charge in [-0.15, -0.1) is 0 Å². The normalized spacial score (nSPS) is 20.5. The number of H-pyrrole nitrogens is 1. The number of benzene rings is 1. The molecule has 3 heterocycles. The summed E-state index contributed by atoms with van der Waals surface area (Å²) in [6.07, 6.45) is 8.36. The lowest BCUT2D eigenvalue weighted by Crippen LogP contribution is -2.35. The summed E-state index contributed by atoms with van der Waals surface area (Å²) in [6, 6.07) is 7.19. The molecule has 136 valence electrons. The minimum Gasteiger partial charge on any atom is -0.385 e. The van der Waals surface area contributed by atoms with Gasteiger partial charge < -0.3 is 16.0 Å². The van der Waals surface area contributed by atoms with Gasteiger partial charge in [0.2, 0.25) is 0 Å². The Hall–Kier alpha value is -2.60. The number of anilines is 1. The third-order valence-electron chi connectivity index (χ3n) is 4.92. The summed E-state index contributed by atoms with van der Waals surface area (Å²) in [4.78, 5) is 0. The maximum atomic E-state index is 13.3. The molecule has 2 aromatic rings. The molecule has 1 saturated heterocycles. The Bertz CT molecular complexity index is 815. The number of allylic oxidation sites excluding steroid dienone is 2. The van der Waals surface area contributed by atoms with Crippen molar-refractivity contribution in [1.29, 1.82) is 0 Å². The molecule has 0 spiro atoms. The maximum Gasteiger partial charge on any atom is 0.156 e. The molecule has 1 atom stereocenters. The van der Waals surface area contributed by atoms with E-state index in [1.54, 1.807) is 12.1 Å². The van der Waals surface area contributed by atoms with Crippen molar-refractivity contribution in [3.05, 3.63) is 54.0 Å². The highest BCUT2D eigenvalue weighted by Crippen LogP contribution is 2.35. The second-order valence-corrected chi connectivity index (χ2v) is 6.91. The van der Waals surface area contributed by atoms with Crippen molar-refractivity contribution in [3.63, 3.8) is 0 Å². The molecule has 26 heavy (non-hydrogen) atoms. The van der Waals surface area contributed by atoms with Crippen molar-refractivity contribution in [2.24, 2.45) is 0 Å². The zero-order valence-electron chi connectivity index (χ0n) is 14.8. The van der Waals surface area contributed by atoms with Crippen molar-refractivity contribution in [2.45, 2.75) is 31.8 Å². The molecule has 0 saturated carbocycles. The number of hydrogen-bond donors (Lipinski definition) is 4. The fourth-order valence-electron chi connectivity index (χ4n) is 3.54. The van der Waals surface area contributed by atoms with Gasteiger partial charge in [-0.05, 0) is 75.0 Å². The maximum absolute atomic E-state index is 13.3. The van der Waals surface area contributed by atoms with Crippen LogP contribution in [0.2, 0.25) is 0 Å². The first-order chi connectivity index (χ1) is 12.7. The van der Waals surface area contributed by atoms with Crippen LogP contribution in [0.15, 0.2) is 42.6 Å². The van der Waals surface area contributed by atoms with Crippen molar-refractivity contribution in [2.75, 3.05) is 18.4 Å². The molecule has 1 fully saturated rings. The standard InChI is InChI=1S/C20H24FN5/c1-13-12-15(6-11-23-13)18-19(14-2-4-16(21)5-3-14)25-26-20(18)24-17-7-9-22-10-8-17/h2-6,11-13,17,22-23H,7-10H2,1H3,(H2,24,25,26). The molecule has 4 N–H and O–H groups in total. The SMILES string of the molecule is CC1C=C(c2c(NC3CCNCC3)n[nH]c2-c2ccc(F)cc2)C=CN1. The van der Waals surface area contributed by atoms with Crippen molar-refractivity contribution < 1.29 is 4.39 Å². The van der Waals surface area contributed by atoms with E-state index in [1.165, 1.54) is 12.1 Å². The molecular weight excluding hydrogens is 329 g/mol. The van der Waals surface area contributed by atoms with Crippen LogP contribution in [0.1, 0.15) is 25.3 Å². The molecule has 1 unspecified atom stereocenters. The van der Waals surface area contributed by atoms with E-state index < -0.39 is 0 Å². The molecule has 1 aromatic heterocycles. The van der Waals surface area contributed by atoms with Gasteiger partial charge in [0.15, 0.2) is 5.82 Å². The number of piperidine rings is 1. The summed E-state index contributed by atoms with van der Waals surface area (Å²) in [5, 5.41) is 18.0. The first-order valence-corrected chi connectivity index (χ1v) is 9.17. The lowest BCUT2D eigenvalue weighted by atomic mass is 9.97.